The number of nitrogen functional groups attached to an aromatic ring is 1. The molecule has 6 nitrogen and oxygen atoms in total. The molecule has 0 unspecified atom stereocenters. The summed E-state index contributed by atoms with van der Waals surface area (Å²) < 4.78 is 1.33. The van der Waals surface area contributed by atoms with Crippen LogP contribution in [0.4, 0.5) is 5.69 Å². The summed E-state index contributed by atoms with van der Waals surface area (Å²) in [6.07, 6.45) is 3.40. The number of pyridine rings is 1. The van der Waals surface area contributed by atoms with Crippen LogP contribution in [0.15, 0.2) is 23.1 Å². The summed E-state index contributed by atoms with van der Waals surface area (Å²) in [5.74, 6) is -0.137. The van der Waals surface area contributed by atoms with Crippen molar-refractivity contribution in [3.05, 3.63) is 28.7 Å². The average molecular weight is 264 g/mol. The van der Waals surface area contributed by atoms with Gasteiger partial charge in [0.15, 0.2) is 0 Å². The fourth-order valence-corrected chi connectivity index (χ4v) is 2.25. The lowest BCUT2D eigenvalue weighted by molar-refractivity contribution is -0.122. The Morgan fingerprint density at radius 3 is 2.79 bits per heavy atom. The van der Waals surface area contributed by atoms with Crippen LogP contribution in [-0.4, -0.2) is 41.6 Å². The Morgan fingerprint density at radius 2 is 2.11 bits per heavy atom. The van der Waals surface area contributed by atoms with E-state index < -0.39 is 0 Å². The molecule has 0 spiro atoms. The highest BCUT2D eigenvalue weighted by Gasteiger charge is 2.18. The summed E-state index contributed by atoms with van der Waals surface area (Å²) in [7, 11) is 2.07. The second kappa shape index (κ2) is 5.88. The number of rotatable bonds is 3. The van der Waals surface area contributed by atoms with E-state index in [1.807, 2.05) is 0 Å². The van der Waals surface area contributed by atoms with Gasteiger partial charge in [-0.15, -0.1) is 0 Å². The third kappa shape index (κ3) is 3.82. The van der Waals surface area contributed by atoms with E-state index in [4.69, 9.17) is 5.73 Å². The maximum absolute atomic E-state index is 11.9. The van der Waals surface area contributed by atoms with Gasteiger partial charge in [-0.05, 0) is 39.0 Å². The van der Waals surface area contributed by atoms with Crippen LogP contribution < -0.4 is 16.6 Å². The topological polar surface area (TPSA) is 80.4 Å². The Morgan fingerprint density at radius 1 is 1.42 bits per heavy atom. The van der Waals surface area contributed by atoms with Crippen molar-refractivity contribution in [1.82, 2.24) is 14.8 Å². The molecule has 6 heteroatoms. The quantitative estimate of drug-likeness (QED) is 0.781. The largest absolute Gasteiger partial charge is 0.398 e. The zero-order valence-corrected chi connectivity index (χ0v) is 11.1. The second-order valence-electron chi connectivity index (χ2n) is 5.07. The number of piperidine rings is 1. The predicted molar refractivity (Wildman–Crippen MR) is 73.8 cm³/mol. The lowest BCUT2D eigenvalue weighted by atomic mass is 10.1. The van der Waals surface area contributed by atoms with Gasteiger partial charge in [0.1, 0.15) is 6.54 Å². The first-order valence-electron chi connectivity index (χ1n) is 6.48. The second-order valence-corrected chi connectivity index (χ2v) is 5.07. The lowest BCUT2D eigenvalue weighted by Crippen LogP contribution is -2.45. The molecule has 1 amide bonds. The molecular formula is C13H20N4O2. The number of carbonyl (C=O) groups is 1. The number of hydrogen-bond donors (Lipinski definition) is 2. The van der Waals surface area contributed by atoms with E-state index in [1.54, 1.807) is 0 Å². The van der Waals surface area contributed by atoms with E-state index in [-0.39, 0.29) is 24.1 Å². The number of nitrogens with zero attached hydrogens (tertiary/aromatic N) is 2. The number of carbonyl (C=O) groups excluding carboxylic acids is 1. The van der Waals surface area contributed by atoms with Crippen molar-refractivity contribution in [3.8, 4) is 0 Å². The molecule has 2 rings (SSSR count). The van der Waals surface area contributed by atoms with Gasteiger partial charge in [0.2, 0.25) is 5.91 Å². The SMILES string of the molecule is CN1CCC(NC(=O)Cn2cc(N)ccc2=O)CC1. The molecule has 2 heterocycles. The molecule has 0 aromatic carbocycles. The van der Waals surface area contributed by atoms with Crippen molar-refractivity contribution in [2.75, 3.05) is 25.9 Å². The van der Waals surface area contributed by atoms with Crippen LogP contribution in [0.5, 0.6) is 0 Å². The van der Waals surface area contributed by atoms with Gasteiger partial charge >= 0.3 is 0 Å². The molecule has 1 saturated heterocycles. The number of aromatic nitrogens is 1. The number of anilines is 1. The molecule has 1 aromatic rings. The Kier molecular flexibility index (Phi) is 4.21. The number of hydrogen-bond acceptors (Lipinski definition) is 4. The van der Waals surface area contributed by atoms with Gasteiger partial charge in [-0.3, -0.25) is 9.59 Å². The molecule has 1 fully saturated rings. The highest BCUT2D eigenvalue weighted by Crippen LogP contribution is 2.08. The molecule has 0 bridgehead atoms. The van der Waals surface area contributed by atoms with E-state index in [2.05, 4.69) is 17.3 Å². The van der Waals surface area contributed by atoms with Crippen LogP contribution in [0.3, 0.4) is 0 Å². The third-order valence-corrected chi connectivity index (χ3v) is 3.40. The monoisotopic (exact) mass is 264 g/mol. The molecule has 104 valence electrons. The zero-order chi connectivity index (χ0) is 13.8. The highest BCUT2D eigenvalue weighted by atomic mass is 16.2. The van der Waals surface area contributed by atoms with Gasteiger partial charge in [-0.25, -0.2) is 0 Å². The van der Waals surface area contributed by atoms with E-state index in [0.717, 1.165) is 25.9 Å². The normalized spacial score (nSPS) is 17.3. The van der Waals surface area contributed by atoms with Gasteiger partial charge in [-0.1, -0.05) is 0 Å². The van der Waals surface area contributed by atoms with Crippen LogP contribution in [0.2, 0.25) is 0 Å². The number of amides is 1. The van der Waals surface area contributed by atoms with Crippen molar-refractivity contribution in [1.29, 1.82) is 0 Å². The van der Waals surface area contributed by atoms with Crippen LogP contribution >= 0.6 is 0 Å². The molecule has 3 N–H and O–H groups in total. The Hall–Kier alpha value is -1.82. The Bertz CT molecular complexity index is 504. The summed E-state index contributed by atoms with van der Waals surface area (Å²) in [4.78, 5) is 25.7. The maximum Gasteiger partial charge on any atom is 0.251 e. The van der Waals surface area contributed by atoms with Gasteiger partial charge < -0.3 is 20.5 Å². The molecule has 19 heavy (non-hydrogen) atoms. The van der Waals surface area contributed by atoms with Crippen LogP contribution in [0, 0.1) is 0 Å². The first kappa shape index (κ1) is 13.6. The van der Waals surface area contributed by atoms with Gasteiger partial charge in [0, 0.05) is 24.0 Å². The van der Waals surface area contributed by atoms with E-state index in [0.29, 0.717) is 5.69 Å². The van der Waals surface area contributed by atoms with Gasteiger partial charge in [0.05, 0.1) is 0 Å². The minimum Gasteiger partial charge on any atom is -0.398 e. The van der Waals surface area contributed by atoms with Crippen LogP contribution in [0.1, 0.15) is 12.8 Å². The van der Waals surface area contributed by atoms with Crippen molar-refractivity contribution in [2.24, 2.45) is 0 Å². The van der Waals surface area contributed by atoms with Crippen molar-refractivity contribution in [2.45, 2.75) is 25.4 Å². The van der Waals surface area contributed by atoms with Crippen molar-refractivity contribution in [3.63, 3.8) is 0 Å². The van der Waals surface area contributed by atoms with Gasteiger partial charge in [-0.2, -0.15) is 0 Å². The smallest absolute Gasteiger partial charge is 0.251 e. The zero-order valence-electron chi connectivity index (χ0n) is 11.1. The predicted octanol–water partition coefficient (Wildman–Crippen LogP) is -0.359. The third-order valence-electron chi connectivity index (χ3n) is 3.40. The first-order chi connectivity index (χ1) is 9.04. The molecular weight excluding hydrogens is 244 g/mol. The van der Waals surface area contributed by atoms with E-state index in [9.17, 15) is 9.59 Å². The lowest BCUT2D eigenvalue weighted by Gasteiger charge is -2.29. The summed E-state index contributed by atoms with van der Waals surface area (Å²) in [5.41, 5.74) is 5.87. The summed E-state index contributed by atoms with van der Waals surface area (Å²) in [6, 6.07) is 3.12. The van der Waals surface area contributed by atoms with Gasteiger partial charge in [0.25, 0.3) is 5.56 Å². The fraction of sp³-hybridized carbons (Fsp3) is 0.538. The molecule has 0 atom stereocenters. The van der Waals surface area contributed by atoms with Crippen LogP contribution in [0.25, 0.3) is 0 Å². The molecule has 0 radical (unpaired) electrons. The molecule has 1 aliphatic rings. The standard InChI is InChI=1S/C13H20N4O2/c1-16-6-4-11(5-7-16)15-12(18)9-17-8-10(14)2-3-13(17)19/h2-3,8,11H,4-7,9,14H2,1H3,(H,15,18). The average Bonchev–Trinajstić information content (AvgIpc) is 2.37. The minimum absolute atomic E-state index is 0.0240. The number of nitrogens with one attached hydrogen (secondary N) is 1. The Balaban J connectivity index is 1.90. The highest BCUT2D eigenvalue weighted by molar-refractivity contribution is 5.76. The van der Waals surface area contributed by atoms with Crippen molar-refractivity contribution >= 4 is 11.6 Å². The summed E-state index contributed by atoms with van der Waals surface area (Å²) in [5, 5.41) is 2.97. The molecule has 0 saturated carbocycles. The fourth-order valence-electron chi connectivity index (χ4n) is 2.25. The first-order valence-corrected chi connectivity index (χ1v) is 6.48. The number of likely N-dealkylation sites (tertiary alicyclic amines) is 1. The molecule has 1 aliphatic heterocycles. The van der Waals surface area contributed by atoms with Crippen LogP contribution in [-0.2, 0) is 11.3 Å². The van der Waals surface area contributed by atoms with Crippen molar-refractivity contribution < 1.29 is 4.79 Å². The van der Waals surface area contributed by atoms with E-state index in [1.165, 1.54) is 22.9 Å². The van der Waals surface area contributed by atoms with E-state index >= 15 is 0 Å². The number of nitrogens with two attached hydrogens (primary N) is 1. The summed E-state index contributed by atoms with van der Waals surface area (Å²) >= 11 is 0. The maximum atomic E-state index is 11.9. The Labute approximate surface area is 112 Å². The summed E-state index contributed by atoms with van der Waals surface area (Å²) in [6.45, 7) is 2.00. The molecule has 0 aliphatic carbocycles. The minimum atomic E-state index is -0.215. The molecule has 1 aromatic heterocycles.